The maximum atomic E-state index is 13.1. The Balaban J connectivity index is 1.29. The zero-order valence-corrected chi connectivity index (χ0v) is 19.3. The van der Waals surface area contributed by atoms with Crippen LogP contribution in [0.15, 0.2) is 60.0 Å². The molecule has 0 unspecified atom stereocenters. The van der Waals surface area contributed by atoms with Crippen molar-refractivity contribution < 1.29 is 18.7 Å². The summed E-state index contributed by atoms with van der Waals surface area (Å²) in [6.45, 7) is 2.20. The van der Waals surface area contributed by atoms with E-state index in [1.165, 1.54) is 34.8 Å². The summed E-state index contributed by atoms with van der Waals surface area (Å²) in [5, 5.41) is 5.92. The summed E-state index contributed by atoms with van der Waals surface area (Å²) in [4.78, 5) is 33.9. The van der Waals surface area contributed by atoms with E-state index >= 15 is 0 Å². The first-order valence-electron chi connectivity index (χ1n) is 10.1. The Bertz CT molecular complexity index is 1250. The minimum Gasteiger partial charge on any atom is -0.455 e. The normalized spacial score (nSPS) is 10.7. The molecule has 0 aliphatic heterocycles. The van der Waals surface area contributed by atoms with Gasteiger partial charge in [0.1, 0.15) is 27.3 Å². The zero-order chi connectivity index (χ0) is 23.2. The topological polar surface area (TPSA) is 81.2 Å². The monoisotopic (exact) mass is 481 g/mol. The molecule has 0 aliphatic rings. The average molecular weight is 482 g/mol. The quantitative estimate of drug-likeness (QED) is 0.361. The fraction of sp³-hybridized carbons (Fsp3) is 0.167. The number of carbonyl (C=O) groups is 2. The van der Waals surface area contributed by atoms with Gasteiger partial charge in [-0.15, -0.1) is 22.7 Å². The number of hydrogen-bond acceptors (Lipinski definition) is 7. The van der Waals surface area contributed by atoms with Gasteiger partial charge in [0.15, 0.2) is 0 Å². The second kappa shape index (κ2) is 10.5. The predicted octanol–water partition coefficient (Wildman–Crippen LogP) is 4.93. The fourth-order valence-corrected chi connectivity index (χ4v) is 4.74. The molecule has 2 aromatic carbocycles. The number of amides is 1. The molecule has 168 valence electrons. The van der Waals surface area contributed by atoms with Crippen LogP contribution in [0.25, 0.3) is 10.6 Å². The van der Waals surface area contributed by atoms with Crippen molar-refractivity contribution in [2.75, 3.05) is 0 Å². The number of carbonyl (C=O) groups excluding carboxylic acids is 2. The standard InChI is InChI=1S/C24H20FN3O3S2/c1-15-22(33-23(27-15)17-7-9-18(25)10-8-17)24(30)31-13-19-14-32-21(28-19)11-20(29)26-12-16-5-3-2-4-6-16/h2-10,14H,11-13H2,1H3,(H,26,29). The van der Waals surface area contributed by atoms with Gasteiger partial charge in [-0.05, 0) is 36.8 Å². The minimum atomic E-state index is -0.492. The van der Waals surface area contributed by atoms with Gasteiger partial charge in [0, 0.05) is 17.5 Å². The summed E-state index contributed by atoms with van der Waals surface area (Å²) in [7, 11) is 0. The molecule has 9 heteroatoms. The summed E-state index contributed by atoms with van der Waals surface area (Å²) in [5.41, 5.74) is 2.90. The van der Waals surface area contributed by atoms with Gasteiger partial charge in [-0.25, -0.2) is 19.2 Å². The smallest absolute Gasteiger partial charge is 0.350 e. The molecular formula is C24H20FN3O3S2. The number of nitrogens with one attached hydrogen (secondary N) is 1. The molecular weight excluding hydrogens is 461 g/mol. The van der Waals surface area contributed by atoms with Crippen LogP contribution >= 0.6 is 22.7 Å². The van der Waals surface area contributed by atoms with Crippen molar-refractivity contribution in [3.8, 4) is 10.6 Å². The summed E-state index contributed by atoms with van der Waals surface area (Å²) in [6.07, 6.45) is 0.167. The van der Waals surface area contributed by atoms with E-state index in [0.29, 0.717) is 32.8 Å². The highest BCUT2D eigenvalue weighted by molar-refractivity contribution is 7.17. The molecule has 0 aliphatic carbocycles. The molecule has 0 bridgehead atoms. The molecule has 2 heterocycles. The first-order chi connectivity index (χ1) is 16.0. The van der Waals surface area contributed by atoms with E-state index in [1.54, 1.807) is 24.4 Å². The Morgan fingerprint density at radius 1 is 1.06 bits per heavy atom. The average Bonchev–Trinajstić information content (AvgIpc) is 3.43. The van der Waals surface area contributed by atoms with Gasteiger partial charge < -0.3 is 10.1 Å². The molecule has 2 aromatic heterocycles. The van der Waals surface area contributed by atoms with Gasteiger partial charge >= 0.3 is 5.97 Å². The molecule has 0 fully saturated rings. The highest BCUT2D eigenvalue weighted by atomic mass is 32.1. The van der Waals surface area contributed by atoms with Crippen LogP contribution in [-0.4, -0.2) is 21.8 Å². The van der Waals surface area contributed by atoms with E-state index in [2.05, 4.69) is 15.3 Å². The predicted molar refractivity (Wildman–Crippen MR) is 125 cm³/mol. The number of thiazole rings is 2. The molecule has 0 spiro atoms. The van der Waals surface area contributed by atoms with Crippen LogP contribution in [0.3, 0.4) is 0 Å². The summed E-state index contributed by atoms with van der Waals surface area (Å²) >= 11 is 2.55. The zero-order valence-electron chi connectivity index (χ0n) is 17.7. The molecule has 4 rings (SSSR count). The van der Waals surface area contributed by atoms with Crippen molar-refractivity contribution in [3.05, 3.63) is 92.6 Å². The highest BCUT2D eigenvalue weighted by Crippen LogP contribution is 2.28. The lowest BCUT2D eigenvalue weighted by atomic mass is 10.2. The largest absolute Gasteiger partial charge is 0.455 e. The Morgan fingerprint density at radius 3 is 2.58 bits per heavy atom. The molecule has 1 N–H and O–H groups in total. The SMILES string of the molecule is Cc1nc(-c2ccc(F)cc2)sc1C(=O)OCc1csc(CC(=O)NCc2ccccc2)n1. The third-order valence-corrected chi connectivity index (χ3v) is 6.75. The second-order valence-electron chi connectivity index (χ2n) is 7.19. The van der Waals surface area contributed by atoms with Crippen molar-refractivity contribution in [1.29, 1.82) is 0 Å². The fourth-order valence-electron chi connectivity index (χ4n) is 3.00. The first kappa shape index (κ1) is 22.8. The Morgan fingerprint density at radius 2 is 1.82 bits per heavy atom. The summed E-state index contributed by atoms with van der Waals surface area (Å²) in [5.74, 6) is -0.943. The van der Waals surface area contributed by atoms with Crippen LogP contribution < -0.4 is 5.32 Å². The van der Waals surface area contributed by atoms with Crippen LogP contribution in [0.5, 0.6) is 0 Å². The van der Waals surface area contributed by atoms with Gasteiger partial charge in [0.05, 0.1) is 17.8 Å². The highest BCUT2D eigenvalue weighted by Gasteiger charge is 2.18. The summed E-state index contributed by atoms with van der Waals surface area (Å²) in [6, 6.07) is 15.6. The van der Waals surface area contributed by atoms with Crippen molar-refractivity contribution in [2.24, 2.45) is 0 Å². The number of aryl methyl sites for hydroxylation is 1. The number of rotatable bonds is 8. The van der Waals surface area contributed by atoms with E-state index in [0.717, 1.165) is 11.1 Å². The van der Waals surface area contributed by atoms with Crippen LogP contribution in [0, 0.1) is 12.7 Å². The second-order valence-corrected chi connectivity index (χ2v) is 9.13. The van der Waals surface area contributed by atoms with Crippen LogP contribution in [0.2, 0.25) is 0 Å². The molecule has 0 radical (unpaired) electrons. The first-order valence-corrected chi connectivity index (χ1v) is 11.8. The van der Waals surface area contributed by atoms with E-state index in [-0.39, 0.29) is 24.8 Å². The number of halogens is 1. The van der Waals surface area contributed by atoms with Gasteiger partial charge in [-0.1, -0.05) is 30.3 Å². The van der Waals surface area contributed by atoms with Crippen LogP contribution in [-0.2, 0) is 29.1 Å². The third kappa shape index (κ3) is 6.09. The van der Waals surface area contributed by atoms with Crippen molar-refractivity contribution in [2.45, 2.75) is 26.5 Å². The lowest BCUT2D eigenvalue weighted by Gasteiger charge is -2.04. The van der Waals surface area contributed by atoms with E-state index in [4.69, 9.17) is 4.74 Å². The minimum absolute atomic E-state index is 0.00416. The molecule has 0 atom stereocenters. The Kier molecular flexibility index (Phi) is 7.21. The number of esters is 1. The molecule has 1 amide bonds. The Hall–Kier alpha value is -3.43. The third-order valence-electron chi connectivity index (χ3n) is 4.67. The molecule has 33 heavy (non-hydrogen) atoms. The van der Waals surface area contributed by atoms with Gasteiger partial charge in [-0.3, -0.25) is 4.79 Å². The number of ether oxygens (including phenoxy) is 1. The van der Waals surface area contributed by atoms with E-state index in [9.17, 15) is 14.0 Å². The van der Waals surface area contributed by atoms with Gasteiger partial charge in [0.2, 0.25) is 5.91 Å². The van der Waals surface area contributed by atoms with Gasteiger partial charge in [-0.2, -0.15) is 0 Å². The number of benzene rings is 2. The van der Waals surface area contributed by atoms with Crippen molar-refractivity contribution in [3.63, 3.8) is 0 Å². The van der Waals surface area contributed by atoms with Crippen LogP contribution in [0.4, 0.5) is 4.39 Å². The number of hydrogen-bond donors (Lipinski definition) is 1. The molecule has 0 saturated carbocycles. The van der Waals surface area contributed by atoms with E-state index in [1.807, 2.05) is 30.3 Å². The maximum Gasteiger partial charge on any atom is 0.350 e. The van der Waals surface area contributed by atoms with Crippen molar-refractivity contribution >= 4 is 34.6 Å². The molecule has 6 nitrogen and oxygen atoms in total. The van der Waals surface area contributed by atoms with E-state index < -0.39 is 5.97 Å². The molecule has 4 aromatic rings. The lowest BCUT2D eigenvalue weighted by Crippen LogP contribution is -2.24. The number of nitrogens with zero attached hydrogens (tertiary/aromatic N) is 2. The molecule has 0 saturated heterocycles. The van der Waals surface area contributed by atoms with Gasteiger partial charge in [0.25, 0.3) is 0 Å². The number of aromatic nitrogens is 2. The summed E-state index contributed by atoms with van der Waals surface area (Å²) < 4.78 is 18.5. The van der Waals surface area contributed by atoms with Crippen molar-refractivity contribution in [1.82, 2.24) is 15.3 Å². The van der Waals surface area contributed by atoms with Crippen LogP contribution in [0.1, 0.15) is 31.6 Å². The lowest BCUT2D eigenvalue weighted by molar-refractivity contribution is -0.120. The maximum absolute atomic E-state index is 13.1. The Labute approximate surface area is 198 Å².